The molecule has 0 heterocycles. The molecule has 0 amide bonds. The molecule has 4 heteroatoms. The Morgan fingerprint density at radius 2 is 2.25 bits per heavy atom. The predicted molar refractivity (Wildman–Crippen MR) is 73.9 cm³/mol. The first-order chi connectivity index (χ1) is 7.77. The van der Waals surface area contributed by atoms with Gasteiger partial charge in [0.15, 0.2) is 0 Å². The van der Waals surface area contributed by atoms with E-state index in [0.29, 0.717) is 0 Å². The molecule has 0 bridgehead atoms. The van der Waals surface area contributed by atoms with Crippen LogP contribution in [0, 0.1) is 0 Å². The van der Waals surface area contributed by atoms with E-state index in [0.717, 1.165) is 29.7 Å². The molecule has 2 N–H and O–H groups in total. The fourth-order valence-corrected chi connectivity index (χ4v) is 2.75. The maximum Gasteiger partial charge on any atom is 0.0443 e. The molecule has 90 valence electrons. The van der Waals surface area contributed by atoms with E-state index in [9.17, 15) is 0 Å². The number of rotatable bonds is 7. The minimum atomic E-state index is 0.254. The number of aliphatic hydroxyl groups is 1. The molecule has 1 aromatic rings. The second kappa shape index (κ2) is 8.12. The highest BCUT2D eigenvalue weighted by molar-refractivity contribution is 9.10. The zero-order chi connectivity index (χ0) is 11.8. The summed E-state index contributed by atoms with van der Waals surface area (Å²) in [6, 6.07) is 6.38. The first-order valence-corrected chi connectivity index (χ1v) is 7.28. The van der Waals surface area contributed by atoms with Gasteiger partial charge in [0.1, 0.15) is 0 Å². The summed E-state index contributed by atoms with van der Waals surface area (Å²) < 4.78 is 1.13. The van der Waals surface area contributed by atoms with Crippen LogP contribution in [0.15, 0.2) is 27.6 Å². The third-order valence-electron chi connectivity index (χ3n) is 2.16. The van der Waals surface area contributed by atoms with Crippen molar-refractivity contribution in [1.29, 1.82) is 0 Å². The van der Waals surface area contributed by atoms with Crippen molar-refractivity contribution in [2.75, 3.05) is 18.9 Å². The van der Waals surface area contributed by atoms with Crippen LogP contribution < -0.4 is 5.32 Å². The number of halogens is 1. The average molecular weight is 304 g/mol. The normalized spacial score (nSPS) is 10.7. The second-order valence-corrected chi connectivity index (χ2v) is 5.66. The van der Waals surface area contributed by atoms with Crippen LogP contribution >= 0.6 is 27.7 Å². The smallest absolute Gasteiger partial charge is 0.0443 e. The summed E-state index contributed by atoms with van der Waals surface area (Å²) in [6.07, 6.45) is 0.812. The Hall–Kier alpha value is -0.0300. The van der Waals surface area contributed by atoms with E-state index in [2.05, 4.69) is 46.4 Å². The third kappa shape index (κ3) is 4.87. The van der Waals surface area contributed by atoms with Crippen molar-refractivity contribution in [2.45, 2.75) is 24.8 Å². The minimum absolute atomic E-state index is 0.254. The quantitative estimate of drug-likeness (QED) is 0.600. The molecular weight excluding hydrogens is 286 g/mol. The lowest BCUT2D eigenvalue weighted by Gasteiger charge is -2.10. The Kier molecular flexibility index (Phi) is 7.12. The van der Waals surface area contributed by atoms with Crippen LogP contribution in [0.3, 0.4) is 0 Å². The molecule has 0 aliphatic heterocycles. The Morgan fingerprint density at radius 3 is 2.94 bits per heavy atom. The molecule has 0 saturated carbocycles. The first kappa shape index (κ1) is 14.0. The van der Waals surface area contributed by atoms with Gasteiger partial charge in [-0.1, -0.05) is 28.9 Å². The molecule has 2 nitrogen and oxygen atoms in total. The van der Waals surface area contributed by atoms with Gasteiger partial charge in [-0.3, -0.25) is 0 Å². The molecule has 0 aliphatic rings. The summed E-state index contributed by atoms with van der Waals surface area (Å²) in [5.41, 5.74) is 1.33. The summed E-state index contributed by atoms with van der Waals surface area (Å²) in [4.78, 5) is 1.33. The molecule has 16 heavy (non-hydrogen) atoms. The van der Waals surface area contributed by atoms with Gasteiger partial charge in [0, 0.05) is 22.5 Å². The third-order valence-corrected chi connectivity index (χ3v) is 3.63. The number of aliphatic hydroxyl groups excluding tert-OH is 1. The Labute approximate surface area is 110 Å². The minimum Gasteiger partial charge on any atom is -0.396 e. The molecule has 0 radical (unpaired) electrons. The number of hydrogen-bond acceptors (Lipinski definition) is 3. The lowest BCUT2D eigenvalue weighted by Crippen LogP contribution is -2.16. The fraction of sp³-hybridized carbons (Fsp3) is 0.500. The van der Waals surface area contributed by atoms with E-state index >= 15 is 0 Å². The van der Waals surface area contributed by atoms with E-state index in [1.54, 1.807) is 0 Å². The lowest BCUT2D eigenvalue weighted by atomic mass is 10.2. The zero-order valence-corrected chi connectivity index (χ0v) is 11.9. The molecule has 0 unspecified atom stereocenters. The van der Waals surface area contributed by atoms with Crippen LogP contribution in [0.5, 0.6) is 0 Å². The predicted octanol–water partition coefficient (Wildman–Crippen LogP) is 3.03. The molecule has 0 aromatic heterocycles. The van der Waals surface area contributed by atoms with Crippen molar-refractivity contribution >= 4 is 27.7 Å². The van der Waals surface area contributed by atoms with Gasteiger partial charge in [-0.25, -0.2) is 0 Å². The van der Waals surface area contributed by atoms with Crippen molar-refractivity contribution in [2.24, 2.45) is 0 Å². The van der Waals surface area contributed by atoms with Crippen LogP contribution in [-0.4, -0.2) is 24.0 Å². The monoisotopic (exact) mass is 303 g/mol. The maximum absolute atomic E-state index is 8.69. The van der Waals surface area contributed by atoms with Crippen LogP contribution in [0.1, 0.15) is 18.9 Å². The molecule has 1 aromatic carbocycles. The van der Waals surface area contributed by atoms with Crippen LogP contribution in [0.4, 0.5) is 0 Å². The summed E-state index contributed by atoms with van der Waals surface area (Å²) >= 11 is 5.35. The van der Waals surface area contributed by atoms with Crippen LogP contribution in [0.25, 0.3) is 0 Å². The molecular formula is C12H18BrNOS. The highest BCUT2D eigenvalue weighted by Gasteiger charge is 2.02. The van der Waals surface area contributed by atoms with Crippen molar-refractivity contribution in [3.63, 3.8) is 0 Å². The number of benzene rings is 1. The molecule has 0 spiro atoms. The van der Waals surface area contributed by atoms with Gasteiger partial charge in [-0.15, -0.1) is 11.8 Å². The number of nitrogens with one attached hydrogen (secondary N) is 1. The standard InChI is InChI=1S/C12H18BrNOS/c1-2-16-12-8-11(13)5-4-10(12)9-14-6-3-7-15/h4-5,8,14-15H,2-3,6-7,9H2,1H3. The SMILES string of the molecule is CCSc1cc(Br)ccc1CNCCCO. The van der Waals surface area contributed by atoms with Gasteiger partial charge >= 0.3 is 0 Å². The van der Waals surface area contributed by atoms with Crippen molar-refractivity contribution in [3.05, 3.63) is 28.2 Å². The van der Waals surface area contributed by atoms with E-state index in [1.807, 2.05) is 11.8 Å². The summed E-state index contributed by atoms with van der Waals surface area (Å²) in [7, 11) is 0. The topological polar surface area (TPSA) is 32.3 Å². The molecule has 0 atom stereocenters. The van der Waals surface area contributed by atoms with Gasteiger partial charge in [0.25, 0.3) is 0 Å². The Balaban J connectivity index is 2.56. The van der Waals surface area contributed by atoms with Crippen molar-refractivity contribution in [3.8, 4) is 0 Å². The average Bonchev–Trinajstić information content (AvgIpc) is 2.27. The van der Waals surface area contributed by atoms with Crippen molar-refractivity contribution < 1.29 is 5.11 Å². The van der Waals surface area contributed by atoms with Crippen LogP contribution in [-0.2, 0) is 6.54 Å². The maximum atomic E-state index is 8.69. The Morgan fingerprint density at radius 1 is 1.44 bits per heavy atom. The second-order valence-electron chi connectivity index (χ2n) is 3.44. The summed E-state index contributed by atoms with van der Waals surface area (Å²) in [5, 5.41) is 12.0. The highest BCUT2D eigenvalue weighted by atomic mass is 79.9. The van der Waals surface area contributed by atoms with Gasteiger partial charge in [-0.2, -0.15) is 0 Å². The zero-order valence-electron chi connectivity index (χ0n) is 9.50. The molecule has 0 saturated heterocycles. The van der Waals surface area contributed by atoms with E-state index < -0.39 is 0 Å². The van der Waals surface area contributed by atoms with Gasteiger partial charge in [-0.05, 0) is 36.4 Å². The largest absolute Gasteiger partial charge is 0.396 e. The lowest BCUT2D eigenvalue weighted by molar-refractivity contribution is 0.286. The van der Waals surface area contributed by atoms with Crippen LogP contribution in [0.2, 0.25) is 0 Å². The fourth-order valence-electron chi connectivity index (χ4n) is 1.39. The molecule has 0 aliphatic carbocycles. The van der Waals surface area contributed by atoms with E-state index in [1.165, 1.54) is 10.5 Å². The highest BCUT2D eigenvalue weighted by Crippen LogP contribution is 2.26. The molecule has 0 fully saturated rings. The van der Waals surface area contributed by atoms with E-state index in [-0.39, 0.29) is 6.61 Å². The number of hydrogen-bond donors (Lipinski definition) is 2. The van der Waals surface area contributed by atoms with Crippen molar-refractivity contribution in [1.82, 2.24) is 5.32 Å². The Bertz CT molecular complexity index is 320. The number of thioether (sulfide) groups is 1. The van der Waals surface area contributed by atoms with E-state index in [4.69, 9.17) is 5.11 Å². The molecule has 1 rings (SSSR count). The van der Waals surface area contributed by atoms with Gasteiger partial charge < -0.3 is 10.4 Å². The van der Waals surface area contributed by atoms with Gasteiger partial charge in [0.2, 0.25) is 0 Å². The van der Waals surface area contributed by atoms with Gasteiger partial charge in [0.05, 0.1) is 0 Å². The summed E-state index contributed by atoms with van der Waals surface area (Å²) in [5.74, 6) is 1.08. The first-order valence-electron chi connectivity index (χ1n) is 5.50. The summed E-state index contributed by atoms with van der Waals surface area (Å²) in [6.45, 7) is 4.15.